The molecule has 2 aromatic rings. The minimum atomic E-state index is -0.317. The first-order valence-electron chi connectivity index (χ1n) is 12.7. The molecular weight excluding hydrogens is 426 g/mol. The van der Waals surface area contributed by atoms with E-state index in [-0.39, 0.29) is 17.2 Å². The molecule has 2 aliphatic rings. The van der Waals surface area contributed by atoms with Crippen LogP contribution < -0.4 is 15.4 Å². The van der Waals surface area contributed by atoms with E-state index in [0.29, 0.717) is 31.0 Å². The summed E-state index contributed by atoms with van der Waals surface area (Å²) in [6.07, 6.45) is 6.68. The molecule has 0 saturated carbocycles. The summed E-state index contributed by atoms with van der Waals surface area (Å²) >= 11 is 0. The third kappa shape index (κ3) is 6.38. The van der Waals surface area contributed by atoms with E-state index in [4.69, 9.17) is 4.74 Å². The van der Waals surface area contributed by atoms with Crippen LogP contribution in [0.5, 0.6) is 5.75 Å². The van der Waals surface area contributed by atoms with Crippen molar-refractivity contribution in [3.8, 4) is 5.75 Å². The Morgan fingerprint density at radius 1 is 0.853 bits per heavy atom. The molecule has 0 atom stereocenters. The average Bonchev–Trinajstić information content (AvgIpc) is 2.87. The van der Waals surface area contributed by atoms with Gasteiger partial charge < -0.3 is 20.3 Å². The number of hydrogen-bond acceptors (Lipinski definition) is 4. The van der Waals surface area contributed by atoms with Gasteiger partial charge in [-0.05, 0) is 75.9 Å². The van der Waals surface area contributed by atoms with Gasteiger partial charge in [-0.15, -0.1) is 0 Å². The lowest BCUT2D eigenvalue weighted by Gasteiger charge is -2.41. The van der Waals surface area contributed by atoms with E-state index in [2.05, 4.69) is 45.9 Å². The SMILES string of the molecule is O=C1NCCCCC2(CCN(CCCc3ccccc3)CC2)C(=O)NCCOc2ccccc21. The zero-order chi connectivity index (χ0) is 23.6. The van der Waals surface area contributed by atoms with Crippen molar-refractivity contribution in [2.45, 2.75) is 44.9 Å². The summed E-state index contributed by atoms with van der Waals surface area (Å²) in [5.41, 5.74) is 1.61. The molecule has 0 radical (unpaired) electrons. The van der Waals surface area contributed by atoms with Crippen molar-refractivity contribution >= 4 is 11.8 Å². The number of ether oxygens (including phenoxy) is 1. The van der Waals surface area contributed by atoms with Crippen LogP contribution in [0.15, 0.2) is 54.6 Å². The molecule has 0 unspecified atom stereocenters. The smallest absolute Gasteiger partial charge is 0.255 e. The second-order valence-electron chi connectivity index (χ2n) is 9.52. The maximum atomic E-state index is 13.3. The summed E-state index contributed by atoms with van der Waals surface area (Å²) in [7, 11) is 0. The minimum Gasteiger partial charge on any atom is -0.491 e. The Balaban J connectivity index is 1.31. The van der Waals surface area contributed by atoms with Crippen LogP contribution in [0.1, 0.15) is 54.4 Å². The van der Waals surface area contributed by atoms with Crippen LogP contribution in [0.4, 0.5) is 0 Å². The second-order valence-corrected chi connectivity index (χ2v) is 9.52. The quantitative estimate of drug-likeness (QED) is 0.723. The van der Waals surface area contributed by atoms with Crippen molar-refractivity contribution in [1.82, 2.24) is 15.5 Å². The molecule has 1 spiro atoms. The monoisotopic (exact) mass is 463 g/mol. The van der Waals surface area contributed by atoms with Gasteiger partial charge in [0, 0.05) is 6.54 Å². The van der Waals surface area contributed by atoms with Crippen LogP contribution in [0.3, 0.4) is 0 Å². The number of para-hydroxylation sites is 1. The van der Waals surface area contributed by atoms with Crippen LogP contribution in [0.2, 0.25) is 0 Å². The number of rotatable bonds is 4. The fourth-order valence-electron chi connectivity index (χ4n) is 5.13. The summed E-state index contributed by atoms with van der Waals surface area (Å²) in [6, 6.07) is 17.9. The van der Waals surface area contributed by atoms with Gasteiger partial charge in [-0.3, -0.25) is 9.59 Å². The molecule has 2 N–H and O–H groups in total. The summed E-state index contributed by atoms with van der Waals surface area (Å²) in [5.74, 6) is 0.620. The predicted molar refractivity (Wildman–Crippen MR) is 134 cm³/mol. The van der Waals surface area contributed by atoms with Crippen LogP contribution >= 0.6 is 0 Å². The summed E-state index contributed by atoms with van der Waals surface area (Å²) in [4.78, 5) is 28.4. The lowest BCUT2D eigenvalue weighted by Crippen LogP contribution is -2.49. The topological polar surface area (TPSA) is 70.7 Å². The Kier molecular flexibility index (Phi) is 8.58. The van der Waals surface area contributed by atoms with E-state index >= 15 is 0 Å². The lowest BCUT2D eigenvalue weighted by atomic mass is 9.73. The van der Waals surface area contributed by atoms with Crippen molar-refractivity contribution in [1.29, 1.82) is 0 Å². The highest BCUT2D eigenvalue weighted by atomic mass is 16.5. The Labute approximate surface area is 203 Å². The third-order valence-corrected chi connectivity index (χ3v) is 7.22. The maximum absolute atomic E-state index is 13.3. The first-order chi connectivity index (χ1) is 16.7. The number of nitrogens with zero attached hydrogens (tertiary/aromatic N) is 1. The predicted octanol–water partition coefficient (Wildman–Crippen LogP) is 3.81. The van der Waals surface area contributed by atoms with E-state index in [0.717, 1.165) is 64.6 Å². The fraction of sp³-hybridized carbons (Fsp3) is 0.500. The van der Waals surface area contributed by atoms with Crippen LogP contribution in [0, 0.1) is 5.41 Å². The normalized spacial score (nSPS) is 19.9. The molecule has 2 amide bonds. The van der Waals surface area contributed by atoms with Crippen LogP contribution in [-0.2, 0) is 11.2 Å². The molecule has 0 bridgehead atoms. The lowest BCUT2D eigenvalue weighted by molar-refractivity contribution is -0.134. The van der Waals surface area contributed by atoms with Gasteiger partial charge in [-0.1, -0.05) is 48.9 Å². The van der Waals surface area contributed by atoms with Crippen molar-refractivity contribution < 1.29 is 14.3 Å². The Morgan fingerprint density at radius 3 is 2.44 bits per heavy atom. The van der Waals surface area contributed by atoms with Gasteiger partial charge >= 0.3 is 0 Å². The number of fused-ring (bicyclic) bond motifs is 1. The van der Waals surface area contributed by atoms with Crippen LogP contribution in [-0.4, -0.2) is 56.0 Å². The molecule has 1 saturated heterocycles. The number of benzene rings is 2. The standard InChI is InChI=1S/C28H37N3O3/c32-26-24-12-4-5-13-25(24)34-22-18-30-27(33)28(14-6-7-17-29-26)15-20-31(21-16-28)19-8-11-23-9-2-1-3-10-23/h1-5,9-10,12-13H,6-8,11,14-22H2,(H,29,32)(H,30,33). The minimum absolute atomic E-state index is 0.102. The maximum Gasteiger partial charge on any atom is 0.255 e. The van der Waals surface area contributed by atoms with Gasteiger partial charge in [0.25, 0.3) is 5.91 Å². The average molecular weight is 464 g/mol. The first kappa shape index (κ1) is 24.3. The molecule has 2 aliphatic heterocycles. The molecule has 2 heterocycles. The Morgan fingerprint density at radius 2 is 1.62 bits per heavy atom. The van der Waals surface area contributed by atoms with Gasteiger partial charge in [-0.2, -0.15) is 0 Å². The summed E-state index contributed by atoms with van der Waals surface area (Å²) < 4.78 is 5.84. The van der Waals surface area contributed by atoms with E-state index in [1.165, 1.54) is 5.56 Å². The fourth-order valence-corrected chi connectivity index (χ4v) is 5.13. The molecule has 2 aromatic carbocycles. The molecule has 0 aliphatic carbocycles. The van der Waals surface area contributed by atoms with E-state index < -0.39 is 0 Å². The number of piperidine rings is 1. The largest absolute Gasteiger partial charge is 0.491 e. The van der Waals surface area contributed by atoms with E-state index in [9.17, 15) is 9.59 Å². The molecule has 34 heavy (non-hydrogen) atoms. The van der Waals surface area contributed by atoms with Crippen molar-refractivity contribution in [3.05, 3.63) is 65.7 Å². The van der Waals surface area contributed by atoms with Crippen LogP contribution in [0.25, 0.3) is 0 Å². The Hall–Kier alpha value is -2.86. The highest BCUT2D eigenvalue weighted by Gasteiger charge is 2.40. The van der Waals surface area contributed by atoms with E-state index in [1.807, 2.05) is 12.1 Å². The summed E-state index contributed by atoms with van der Waals surface area (Å²) in [5, 5.41) is 6.15. The molecule has 6 heteroatoms. The second kappa shape index (κ2) is 12.0. The van der Waals surface area contributed by atoms with Gasteiger partial charge in [0.15, 0.2) is 0 Å². The number of nitrogens with one attached hydrogen (secondary N) is 2. The summed E-state index contributed by atoms with van der Waals surface area (Å²) in [6.45, 7) is 4.39. The molecule has 6 nitrogen and oxygen atoms in total. The number of hydrogen-bond donors (Lipinski definition) is 2. The zero-order valence-electron chi connectivity index (χ0n) is 20.1. The zero-order valence-corrected chi connectivity index (χ0v) is 20.1. The number of likely N-dealkylation sites (tertiary alicyclic amines) is 1. The van der Waals surface area contributed by atoms with Gasteiger partial charge in [0.2, 0.25) is 5.91 Å². The first-order valence-corrected chi connectivity index (χ1v) is 12.7. The number of aryl methyl sites for hydroxylation is 1. The number of carbonyl (C=O) groups is 2. The third-order valence-electron chi connectivity index (χ3n) is 7.22. The highest BCUT2D eigenvalue weighted by Crippen LogP contribution is 2.37. The van der Waals surface area contributed by atoms with Crippen molar-refractivity contribution in [3.63, 3.8) is 0 Å². The molecular formula is C28H37N3O3. The Bertz CT molecular complexity index is 939. The number of amides is 2. The van der Waals surface area contributed by atoms with E-state index in [1.54, 1.807) is 12.1 Å². The molecule has 182 valence electrons. The van der Waals surface area contributed by atoms with Gasteiger partial charge in [0.05, 0.1) is 17.5 Å². The molecule has 1 fully saturated rings. The molecule has 0 aromatic heterocycles. The number of carbonyl (C=O) groups excluding carboxylic acids is 2. The molecule has 4 rings (SSSR count). The van der Waals surface area contributed by atoms with Gasteiger partial charge in [0.1, 0.15) is 12.4 Å². The highest BCUT2D eigenvalue weighted by molar-refractivity contribution is 5.96. The van der Waals surface area contributed by atoms with Crippen molar-refractivity contribution in [2.24, 2.45) is 5.41 Å². The van der Waals surface area contributed by atoms with Gasteiger partial charge in [-0.25, -0.2) is 0 Å². The van der Waals surface area contributed by atoms with Crippen molar-refractivity contribution in [2.75, 3.05) is 39.3 Å².